The van der Waals surface area contributed by atoms with E-state index in [2.05, 4.69) is 20.3 Å². The Morgan fingerprint density at radius 1 is 1.00 bits per heavy atom. The van der Waals surface area contributed by atoms with Crippen molar-refractivity contribution < 1.29 is 18.3 Å². The Hall–Kier alpha value is -2.82. The van der Waals surface area contributed by atoms with Crippen LogP contribution in [0, 0.1) is 0 Å². The van der Waals surface area contributed by atoms with Crippen LogP contribution in [0.25, 0.3) is 21.1 Å². The maximum Gasteiger partial charge on any atom is 0.319 e. The summed E-state index contributed by atoms with van der Waals surface area (Å²) in [6.07, 6.45) is -1.29. The summed E-state index contributed by atoms with van der Waals surface area (Å²) in [4.78, 5) is 13.6. The summed E-state index contributed by atoms with van der Waals surface area (Å²) < 4.78 is 32.5. The van der Waals surface area contributed by atoms with Gasteiger partial charge in [-0.1, -0.05) is 29.5 Å². The quantitative estimate of drug-likeness (QED) is 0.403. The predicted molar refractivity (Wildman–Crippen MR) is 131 cm³/mol. The standard InChI is InChI=1S/C23H26N4O4S2/c1-13(28)14(2)31-21-24-16-10-8-12-18(33(29,30)23(3,4)5)19(16)20(26-21)27-22-25-15-9-6-7-11-17(15)32-22/h6-14,28H,1-5H3,(H,24,25,26,27). The lowest BCUT2D eigenvalue weighted by atomic mass is 10.2. The molecule has 174 valence electrons. The first-order chi connectivity index (χ1) is 15.5. The summed E-state index contributed by atoms with van der Waals surface area (Å²) in [7, 11) is -3.71. The Bertz CT molecular complexity index is 1390. The van der Waals surface area contributed by atoms with E-state index >= 15 is 0 Å². The second kappa shape index (κ2) is 8.51. The van der Waals surface area contributed by atoms with Gasteiger partial charge in [0.05, 0.1) is 36.9 Å². The number of nitrogens with one attached hydrogen (secondary N) is 1. The maximum atomic E-state index is 13.4. The Kier molecular flexibility index (Phi) is 6.02. The molecule has 0 saturated carbocycles. The first-order valence-corrected chi connectivity index (χ1v) is 12.8. The highest BCUT2D eigenvalue weighted by Gasteiger charge is 2.33. The van der Waals surface area contributed by atoms with Gasteiger partial charge in [0.25, 0.3) is 0 Å². The highest BCUT2D eigenvalue weighted by Crippen LogP contribution is 2.37. The van der Waals surface area contributed by atoms with E-state index in [1.807, 2.05) is 24.3 Å². The number of benzene rings is 2. The maximum absolute atomic E-state index is 13.4. The zero-order chi connectivity index (χ0) is 24.0. The van der Waals surface area contributed by atoms with E-state index in [9.17, 15) is 13.5 Å². The van der Waals surface area contributed by atoms with Gasteiger partial charge in [-0.05, 0) is 58.9 Å². The molecular formula is C23H26N4O4S2. The lowest BCUT2D eigenvalue weighted by molar-refractivity contribution is 0.0545. The zero-order valence-corrected chi connectivity index (χ0v) is 20.7. The van der Waals surface area contributed by atoms with Gasteiger partial charge in [-0.2, -0.15) is 9.97 Å². The molecule has 0 spiro atoms. The largest absolute Gasteiger partial charge is 0.458 e. The lowest BCUT2D eigenvalue weighted by Crippen LogP contribution is -2.28. The molecule has 33 heavy (non-hydrogen) atoms. The summed E-state index contributed by atoms with van der Waals surface area (Å²) >= 11 is 1.43. The van der Waals surface area contributed by atoms with Crippen LogP contribution in [0.3, 0.4) is 0 Å². The van der Waals surface area contributed by atoms with Crippen molar-refractivity contribution in [2.24, 2.45) is 0 Å². The Morgan fingerprint density at radius 3 is 2.36 bits per heavy atom. The van der Waals surface area contributed by atoms with Gasteiger partial charge in [0.15, 0.2) is 15.0 Å². The van der Waals surface area contributed by atoms with Crippen molar-refractivity contribution >= 4 is 53.2 Å². The molecule has 2 aromatic carbocycles. The fourth-order valence-electron chi connectivity index (χ4n) is 3.12. The number of ether oxygens (including phenoxy) is 1. The van der Waals surface area contributed by atoms with Gasteiger partial charge in [0, 0.05) is 0 Å². The van der Waals surface area contributed by atoms with E-state index in [0.717, 1.165) is 10.2 Å². The summed E-state index contributed by atoms with van der Waals surface area (Å²) in [6, 6.07) is 12.7. The molecule has 0 fully saturated rings. The molecule has 10 heteroatoms. The van der Waals surface area contributed by atoms with Crippen molar-refractivity contribution in [3.63, 3.8) is 0 Å². The summed E-state index contributed by atoms with van der Waals surface area (Å²) in [5, 5.41) is 14.0. The minimum atomic E-state index is -3.71. The summed E-state index contributed by atoms with van der Waals surface area (Å²) in [6.45, 7) is 8.29. The molecule has 2 unspecified atom stereocenters. The van der Waals surface area contributed by atoms with E-state index in [0.29, 0.717) is 16.0 Å². The number of sulfone groups is 1. The number of hydrogen-bond acceptors (Lipinski definition) is 9. The van der Waals surface area contributed by atoms with Crippen LogP contribution >= 0.6 is 11.3 Å². The van der Waals surface area contributed by atoms with Crippen molar-refractivity contribution in [1.29, 1.82) is 0 Å². The molecule has 0 bridgehead atoms. The number of aromatic nitrogens is 3. The van der Waals surface area contributed by atoms with Crippen LogP contribution in [-0.2, 0) is 9.84 Å². The normalized spacial score (nSPS) is 14.4. The SMILES string of the molecule is CC(O)C(C)Oc1nc(Nc2nc3ccccc3s2)c2c(S(=O)(=O)C(C)(C)C)cccc2n1. The van der Waals surface area contributed by atoms with Crippen molar-refractivity contribution in [1.82, 2.24) is 15.0 Å². The van der Waals surface area contributed by atoms with Crippen LogP contribution in [0.15, 0.2) is 47.4 Å². The first-order valence-electron chi connectivity index (χ1n) is 10.5. The number of para-hydroxylation sites is 1. The van der Waals surface area contributed by atoms with E-state index in [4.69, 9.17) is 4.74 Å². The lowest BCUT2D eigenvalue weighted by Gasteiger charge is -2.22. The van der Waals surface area contributed by atoms with Gasteiger partial charge in [0.1, 0.15) is 11.9 Å². The number of fused-ring (bicyclic) bond motifs is 2. The second-order valence-corrected chi connectivity index (χ2v) is 12.5. The summed E-state index contributed by atoms with van der Waals surface area (Å²) in [5.41, 5.74) is 1.23. The Labute approximate surface area is 196 Å². The van der Waals surface area contributed by atoms with Crippen molar-refractivity contribution in [2.45, 2.75) is 56.5 Å². The number of rotatable bonds is 6. The van der Waals surface area contributed by atoms with Gasteiger partial charge in [-0.25, -0.2) is 13.4 Å². The second-order valence-electron chi connectivity index (χ2n) is 8.80. The average molecular weight is 487 g/mol. The topological polar surface area (TPSA) is 114 Å². The molecule has 2 heterocycles. The fourth-order valence-corrected chi connectivity index (χ4v) is 5.37. The van der Waals surface area contributed by atoms with Gasteiger partial charge in [0.2, 0.25) is 0 Å². The van der Waals surface area contributed by atoms with Crippen LogP contribution in [0.1, 0.15) is 34.6 Å². The highest BCUT2D eigenvalue weighted by atomic mass is 32.2. The minimum Gasteiger partial charge on any atom is -0.458 e. The van der Waals surface area contributed by atoms with E-state index in [-0.39, 0.29) is 16.7 Å². The van der Waals surface area contributed by atoms with Crippen LogP contribution in [0.4, 0.5) is 10.9 Å². The monoisotopic (exact) mass is 486 g/mol. The third kappa shape index (κ3) is 4.50. The molecular weight excluding hydrogens is 460 g/mol. The molecule has 0 radical (unpaired) electrons. The van der Waals surface area contributed by atoms with Gasteiger partial charge in [-0.15, -0.1) is 0 Å². The van der Waals surface area contributed by atoms with Gasteiger partial charge in [-0.3, -0.25) is 0 Å². The molecule has 4 aromatic rings. The number of nitrogens with zero attached hydrogens (tertiary/aromatic N) is 3. The third-order valence-electron chi connectivity index (χ3n) is 5.25. The van der Waals surface area contributed by atoms with E-state index < -0.39 is 26.8 Å². The predicted octanol–water partition coefficient (Wildman–Crippen LogP) is 4.70. The molecule has 2 aromatic heterocycles. The third-order valence-corrected chi connectivity index (χ3v) is 8.73. The van der Waals surface area contributed by atoms with Crippen molar-refractivity contribution in [3.8, 4) is 6.01 Å². The molecule has 0 saturated heterocycles. The molecule has 0 aliphatic heterocycles. The number of anilines is 2. The molecule has 4 rings (SSSR count). The van der Waals surface area contributed by atoms with Gasteiger partial charge >= 0.3 is 6.01 Å². The number of thiazole rings is 1. The Balaban J connectivity index is 1.93. The molecule has 2 atom stereocenters. The first kappa shape index (κ1) is 23.3. The average Bonchev–Trinajstić information content (AvgIpc) is 3.14. The fraction of sp³-hybridized carbons (Fsp3) is 0.348. The van der Waals surface area contributed by atoms with Crippen molar-refractivity contribution in [3.05, 3.63) is 42.5 Å². The minimum absolute atomic E-state index is 0.0322. The Morgan fingerprint density at radius 2 is 1.70 bits per heavy atom. The van der Waals surface area contributed by atoms with Crippen molar-refractivity contribution in [2.75, 3.05) is 5.32 Å². The van der Waals surface area contributed by atoms with Crippen LogP contribution in [-0.4, -0.2) is 45.4 Å². The molecule has 2 N–H and O–H groups in total. The molecule has 0 aliphatic rings. The summed E-state index contributed by atoms with van der Waals surface area (Å²) in [5.74, 6) is 0.273. The van der Waals surface area contributed by atoms with E-state index in [1.165, 1.54) is 11.3 Å². The van der Waals surface area contributed by atoms with E-state index in [1.54, 1.807) is 52.8 Å². The smallest absolute Gasteiger partial charge is 0.319 e. The number of aliphatic hydroxyl groups excluding tert-OH is 1. The van der Waals surface area contributed by atoms with Crippen LogP contribution in [0.2, 0.25) is 0 Å². The van der Waals surface area contributed by atoms with Crippen LogP contribution in [0.5, 0.6) is 6.01 Å². The van der Waals surface area contributed by atoms with Gasteiger partial charge < -0.3 is 15.2 Å². The highest BCUT2D eigenvalue weighted by molar-refractivity contribution is 7.93. The van der Waals surface area contributed by atoms with Crippen LogP contribution < -0.4 is 10.1 Å². The molecule has 0 aliphatic carbocycles. The molecule has 8 nitrogen and oxygen atoms in total. The number of hydrogen-bond donors (Lipinski definition) is 2. The molecule has 0 amide bonds. The zero-order valence-electron chi connectivity index (χ0n) is 19.0. The number of aliphatic hydroxyl groups is 1.